The zero-order valence-corrected chi connectivity index (χ0v) is 35.0. The predicted molar refractivity (Wildman–Crippen MR) is 220 cm³/mol. The summed E-state index contributed by atoms with van der Waals surface area (Å²) in [5, 5.41) is 20.0. The maximum Gasteiger partial charge on any atom is 0.338 e. The molecular formula is C42H30ClF7N8O6S. The number of rotatable bonds is 12. The normalized spacial score (nSPS) is 16.8. The van der Waals surface area contributed by atoms with E-state index in [9.17, 15) is 45.1 Å². The number of nitrogens with one attached hydrogen (secondary N) is 2. The molecule has 65 heavy (non-hydrogen) atoms. The fraction of sp³-hybridized carbons (Fsp3) is 0.238. The van der Waals surface area contributed by atoms with Gasteiger partial charge >= 0.3 is 5.97 Å². The molecule has 0 aliphatic heterocycles. The number of sulfonamides is 1. The number of nitrogens with zero attached hydrogens (tertiary/aromatic N) is 6. The van der Waals surface area contributed by atoms with Crippen LogP contribution in [-0.2, 0) is 40.8 Å². The maximum atomic E-state index is 15.5. The first kappa shape index (κ1) is 43.4. The molecular weight excluding hydrogens is 913 g/mol. The Morgan fingerprint density at radius 3 is 2.35 bits per heavy atom. The molecule has 0 radical (unpaired) electrons. The van der Waals surface area contributed by atoms with Gasteiger partial charge in [-0.15, -0.1) is 0 Å². The lowest BCUT2D eigenvalue weighted by molar-refractivity contribution is -0.123. The molecule has 3 atom stereocenters. The van der Waals surface area contributed by atoms with Gasteiger partial charge in [-0.05, 0) is 77.6 Å². The van der Waals surface area contributed by atoms with Crippen LogP contribution in [0.1, 0.15) is 63.5 Å². The topological polar surface area (TPSA) is 183 Å². The number of fused-ring (bicyclic) bond motifs is 5. The van der Waals surface area contributed by atoms with Crippen molar-refractivity contribution < 1.29 is 53.8 Å². The summed E-state index contributed by atoms with van der Waals surface area (Å²) in [5.74, 6) is -12.1. The van der Waals surface area contributed by atoms with Gasteiger partial charge in [0.05, 0.1) is 50.4 Å². The summed E-state index contributed by atoms with van der Waals surface area (Å²) in [6, 6.07) is 10.8. The van der Waals surface area contributed by atoms with Crippen molar-refractivity contribution in [2.75, 3.05) is 11.0 Å². The molecule has 1 fully saturated rings. The van der Waals surface area contributed by atoms with E-state index in [1.54, 1.807) is 0 Å². The Labute approximate surface area is 366 Å². The number of hydrogen-bond acceptors (Lipinski definition) is 8. The highest BCUT2D eigenvalue weighted by molar-refractivity contribution is 7.92. The SMILES string of the molecule is Cn1nc(NS(C)(=O)=O)c2c(Cl)ccc(-n3c([C@H](Cc4cc(F)cc(F)c4)NC(=O)Cn4nc(C(F)F)c5c4C(F)(F)C4CC54)nc4cc(-c5ccc(F)c(C(=O)O)c5)ccc4c3=O)c21. The number of amides is 1. The van der Waals surface area contributed by atoms with Crippen LogP contribution in [0.4, 0.5) is 36.6 Å². The molecule has 1 amide bonds. The molecule has 14 nitrogen and oxygen atoms in total. The number of carboxylic acids is 1. The van der Waals surface area contributed by atoms with Gasteiger partial charge in [0.1, 0.15) is 41.2 Å². The first-order chi connectivity index (χ1) is 30.6. The number of carboxylic acid groups (broad SMARTS) is 1. The average molecular weight is 943 g/mol. The van der Waals surface area contributed by atoms with Crippen molar-refractivity contribution in [3.05, 3.63) is 133 Å². The minimum Gasteiger partial charge on any atom is -0.478 e. The van der Waals surface area contributed by atoms with E-state index in [-0.39, 0.29) is 72.8 Å². The minimum atomic E-state index is -3.96. The van der Waals surface area contributed by atoms with Crippen LogP contribution < -0.4 is 15.6 Å². The largest absolute Gasteiger partial charge is 0.478 e. The molecule has 0 spiro atoms. The van der Waals surface area contributed by atoms with E-state index in [1.807, 2.05) is 0 Å². The van der Waals surface area contributed by atoms with E-state index in [0.717, 1.165) is 35.1 Å². The average Bonchev–Trinajstić information content (AvgIpc) is 3.75. The second kappa shape index (κ2) is 15.4. The standard InChI is InChI=1S/C42H30ClF7N8O6S/c1-56-35-30(8-6-26(43)33(35)38(54-56)55-65(2,63)64)58-39(52-28-13-19(3-5-22(28)40(58)60)18-4-7-27(46)24(12-18)41(61)62)29(11-17-9-20(44)14-21(45)10-17)51-31(59)16-57-36-32(34(53-57)37(47)48)23-15-25(23)42(36,49)50/h3-10,12-14,23,25,29,37H,11,15-16H2,1-2H3,(H,51,59)(H,54,55)(H,61,62)/t23?,25?,29-/m0/s1. The third-order valence-corrected chi connectivity index (χ3v) is 12.2. The Balaban J connectivity index is 1.27. The summed E-state index contributed by atoms with van der Waals surface area (Å²) in [6.07, 6.45) is -2.98. The number of benzene rings is 4. The van der Waals surface area contributed by atoms with Crippen molar-refractivity contribution in [1.82, 2.24) is 34.4 Å². The van der Waals surface area contributed by atoms with Crippen molar-refractivity contribution in [3.8, 4) is 16.8 Å². The Morgan fingerprint density at radius 2 is 1.68 bits per heavy atom. The van der Waals surface area contributed by atoms with Gasteiger partial charge in [0, 0.05) is 31.0 Å². The number of aromatic nitrogens is 6. The lowest BCUT2D eigenvalue weighted by Crippen LogP contribution is -2.38. The third-order valence-electron chi connectivity index (χ3n) is 11.3. The lowest BCUT2D eigenvalue weighted by Gasteiger charge is -2.24. The Morgan fingerprint density at radius 1 is 0.985 bits per heavy atom. The molecule has 2 aliphatic rings. The fourth-order valence-electron chi connectivity index (χ4n) is 8.63. The number of aromatic carboxylic acids is 1. The molecule has 0 bridgehead atoms. The second-order valence-corrected chi connectivity index (χ2v) is 17.9. The van der Waals surface area contributed by atoms with Crippen molar-refractivity contribution >= 4 is 61.1 Å². The van der Waals surface area contributed by atoms with Crippen LogP contribution in [0.15, 0.2) is 71.5 Å². The highest BCUT2D eigenvalue weighted by Crippen LogP contribution is 2.68. The second-order valence-electron chi connectivity index (χ2n) is 15.8. The number of halogens is 8. The third kappa shape index (κ3) is 7.62. The highest BCUT2D eigenvalue weighted by atomic mass is 35.5. The zero-order valence-electron chi connectivity index (χ0n) is 33.4. The molecule has 4 aromatic carbocycles. The molecule has 9 rings (SSSR count). The van der Waals surface area contributed by atoms with Gasteiger partial charge in [0.25, 0.3) is 17.9 Å². The zero-order chi connectivity index (χ0) is 46.6. The smallest absolute Gasteiger partial charge is 0.338 e. The van der Waals surface area contributed by atoms with Crippen LogP contribution in [0.3, 0.4) is 0 Å². The fourth-order valence-corrected chi connectivity index (χ4v) is 9.36. The van der Waals surface area contributed by atoms with Crippen molar-refractivity contribution in [2.45, 2.75) is 43.7 Å². The van der Waals surface area contributed by atoms with Gasteiger partial charge in [0.15, 0.2) is 5.82 Å². The van der Waals surface area contributed by atoms with Crippen LogP contribution in [-0.4, -0.2) is 60.8 Å². The monoisotopic (exact) mass is 942 g/mol. The summed E-state index contributed by atoms with van der Waals surface area (Å²) < 4.78 is 133. The Kier molecular flexibility index (Phi) is 10.3. The molecule has 3 heterocycles. The van der Waals surface area contributed by atoms with Crippen LogP contribution in [0.25, 0.3) is 38.6 Å². The minimum absolute atomic E-state index is 0.00469. The first-order valence-corrected chi connectivity index (χ1v) is 21.6. The molecule has 0 saturated heterocycles. The number of alkyl halides is 4. The molecule has 3 aromatic heterocycles. The van der Waals surface area contributed by atoms with Crippen LogP contribution in [0, 0.1) is 23.4 Å². The van der Waals surface area contributed by atoms with E-state index in [1.165, 1.54) is 48.1 Å². The molecule has 336 valence electrons. The molecule has 23 heteroatoms. The van der Waals surface area contributed by atoms with Gasteiger partial charge in [-0.2, -0.15) is 19.0 Å². The van der Waals surface area contributed by atoms with Crippen LogP contribution >= 0.6 is 11.6 Å². The number of carbonyl (C=O) groups is 2. The quantitative estimate of drug-likeness (QED) is 0.104. The maximum absolute atomic E-state index is 15.5. The van der Waals surface area contributed by atoms with Gasteiger partial charge in [-0.3, -0.25) is 28.2 Å². The molecule has 7 aromatic rings. The molecule has 1 saturated carbocycles. The number of carbonyl (C=O) groups excluding carboxylic acids is 1. The van der Waals surface area contributed by atoms with Crippen molar-refractivity contribution in [3.63, 3.8) is 0 Å². The number of anilines is 1. The summed E-state index contributed by atoms with van der Waals surface area (Å²) >= 11 is 6.61. The van der Waals surface area contributed by atoms with Crippen LogP contribution in [0.5, 0.6) is 0 Å². The first-order valence-electron chi connectivity index (χ1n) is 19.4. The Hall–Kier alpha value is -6.81. The van der Waals surface area contributed by atoms with E-state index in [0.29, 0.717) is 10.7 Å². The van der Waals surface area contributed by atoms with Gasteiger partial charge in [-0.25, -0.2) is 40.1 Å². The van der Waals surface area contributed by atoms with Crippen molar-refractivity contribution in [2.24, 2.45) is 13.0 Å². The lowest BCUT2D eigenvalue weighted by atomic mass is 10.0. The summed E-state index contributed by atoms with van der Waals surface area (Å²) in [7, 11) is -2.56. The van der Waals surface area contributed by atoms with Gasteiger partial charge < -0.3 is 10.4 Å². The van der Waals surface area contributed by atoms with Crippen LogP contribution in [0.2, 0.25) is 5.02 Å². The van der Waals surface area contributed by atoms with E-state index in [4.69, 9.17) is 16.6 Å². The van der Waals surface area contributed by atoms with Gasteiger partial charge in [0.2, 0.25) is 15.9 Å². The van der Waals surface area contributed by atoms with Gasteiger partial charge in [-0.1, -0.05) is 23.7 Å². The predicted octanol–water partition coefficient (Wildman–Crippen LogP) is 7.52. The summed E-state index contributed by atoms with van der Waals surface area (Å²) in [5.41, 5.74) is -3.43. The van der Waals surface area contributed by atoms with E-state index < -0.39 is 105 Å². The Bertz CT molecular complexity index is 3360. The number of hydrogen-bond donors (Lipinski definition) is 3. The summed E-state index contributed by atoms with van der Waals surface area (Å²) in [6.45, 7) is -1.05. The molecule has 2 unspecified atom stereocenters. The van der Waals surface area contributed by atoms with E-state index in [2.05, 4.69) is 20.2 Å². The molecule has 2 aliphatic carbocycles. The molecule has 3 N–H and O–H groups in total. The summed E-state index contributed by atoms with van der Waals surface area (Å²) in [4.78, 5) is 45.8. The van der Waals surface area contributed by atoms with Crippen molar-refractivity contribution in [1.29, 1.82) is 0 Å². The highest BCUT2D eigenvalue weighted by Gasteiger charge is 2.67. The van der Waals surface area contributed by atoms with E-state index >= 15 is 13.6 Å². The number of aryl methyl sites for hydroxylation is 1.